The predicted molar refractivity (Wildman–Crippen MR) is 53.0 cm³/mol. The first-order chi connectivity index (χ1) is 7.98. The highest BCUT2D eigenvalue weighted by molar-refractivity contribution is 5.29. The fourth-order valence-corrected chi connectivity index (χ4v) is 1.76. The monoisotopic (exact) mass is 249 g/mol. The highest BCUT2D eigenvalue weighted by Crippen LogP contribution is 2.33. The lowest BCUT2D eigenvalue weighted by Crippen LogP contribution is -2.34. The van der Waals surface area contributed by atoms with Crippen LogP contribution in [0.4, 0.5) is 17.6 Å². The minimum atomic E-state index is -4.67. The molecule has 94 valence electrons. The van der Waals surface area contributed by atoms with Crippen molar-refractivity contribution in [1.29, 1.82) is 0 Å². The van der Waals surface area contributed by atoms with Gasteiger partial charge in [0.05, 0.1) is 24.8 Å². The van der Waals surface area contributed by atoms with E-state index in [-0.39, 0.29) is 6.04 Å². The molecular formula is C11H11F4NO. The van der Waals surface area contributed by atoms with Crippen LogP contribution in [0.15, 0.2) is 18.2 Å². The Balaban J connectivity index is 2.30. The summed E-state index contributed by atoms with van der Waals surface area (Å²) in [4.78, 5) is 0. The van der Waals surface area contributed by atoms with Gasteiger partial charge >= 0.3 is 6.18 Å². The maximum Gasteiger partial charge on any atom is 0.419 e. The first kappa shape index (κ1) is 12.3. The van der Waals surface area contributed by atoms with Crippen molar-refractivity contribution in [2.45, 2.75) is 12.2 Å². The molecule has 0 bridgehead atoms. The zero-order chi connectivity index (χ0) is 12.5. The molecule has 0 saturated carbocycles. The predicted octanol–water partition coefficient (Wildman–Crippen LogP) is 2.51. The first-order valence-electron chi connectivity index (χ1n) is 5.16. The Labute approximate surface area is 95.6 Å². The lowest BCUT2D eigenvalue weighted by Gasteiger charge is -2.24. The van der Waals surface area contributed by atoms with Gasteiger partial charge in [-0.3, -0.25) is 0 Å². The standard InChI is InChI=1S/C11H11F4NO/c12-9-2-1-7(5-8(9)11(13,14)15)10-6-17-4-3-16-10/h1-2,5,10,16H,3-4,6H2. The smallest absolute Gasteiger partial charge is 0.378 e. The maximum atomic E-state index is 13.1. The van der Waals surface area contributed by atoms with Crippen molar-refractivity contribution in [3.05, 3.63) is 35.1 Å². The average molecular weight is 249 g/mol. The lowest BCUT2D eigenvalue weighted by molar-refractivity contribution is -0.140. The lowest BCUT2D eigenvalue weighted by atomic mass is 10.0. The van der Waals surface area contributed by atoms with Gasteiger partial charge in [0, 0.05) is 6.54 Å². The second kappa shape index (κ2) is 4.62. The third-order valence-corrected chi connectivity index (χ3v) is 2.62. The fraction of sp³-hybridized carbons (Fsp3) is 0.455. The molecule has 1 aliphatic heterocycles. The maximum absolute atomic E-state index is 13.1. The number of nitrogens with one attached hydrogen (secondary N) is 1. The van der Waals surface area contributed by atoms with E-state index >= 15 is 0 Å². The SMILES string of the molecule is Fc1ccc(C2COCCN2)cc1C(F)(F)F. The highest BCUT2D eigenvalue weighted by Gasteiger charge is 2.34. The molecule has 1 atom stereocenters. The van der Waals surface area contributed by atoms with Crippen molar-refractivity contribution < 1.29 is 22.3 Å². The van der Waals surface area contributed by atoms with E-state index in [1.54, 1.807) is 0 Å². The van der Waals surface area contributed by atoms with Crippen molar-refractivity contribution in [3.63, 3.8) is 0 Å². The van der Waals surface area contributed by atoms with Gasteiger partial charge < -0.3 is 10.1 Å². The van der Waals surface area contributed by atoms with Gasteiger partial charge in [0.2, 0.25) is 0 Å². The van der Waals surface area contributed by atoms with Crippen LogP contribution in [0.3, 0.4) is 0 Å². The Morgan fingerprint density at radius 1 is 1.29 bits per heavy atom. The Morgan fingerprint density at radius 2 is 2.06 bits per heavy atom. The van der Waals surface area contributed by atoms with Gasteiger partial charge in [0.15, 0.2) is 0 Å². The minimum Gasteiger partial charge on any atom is -0.378 e. The molecule has 1 unspecified atom stereocenters. The molecule has 2 rings (SSSR count). The summed E-state index contributed by atoms with van der Waals surface area (Å²) in [7, 11) is 0. The number of hydrogen-bond acceptors (Lipinski definition) is 2. The van der Waals surface area contributed by atoms with Crippen LogP contribution >= 0.6 is 0 Å². The number of morpholine rings is 1. The Morgan fingerprint density at radius 3 is 2.65 bits per heavy atom. The van der Waals surface area contributed by atoms with Crippen LogP contribution in [0.25, 0.3) is 0 Å². The molecule has 1 saturated heterocycles. The Bertz CT molecular complexity index is 399. The molecule has 1 aliphatic rings. The normalized spacial score (nSPS) is 21.5. The molecule has 2 nitrogen and oxygen atoms in total. The number of halogens is 4. The van der Waals surface area contributed by atoms with Crippen LogP contribution in [0.1, 0.15) is 17.2 Å². The summed E-state index contributed by atoms with van der Waals surface area (Å²) in [6, 6.07) is 2.71. The first-order valence-corrected chi connectivity index (χ1v) is 5.16. The second-order valence-corrected chi connectivity index (χ2v) is 3.82. The average Bonchev–Trinajstić information content (AvgIpc) is 2.29. The molecule has 1 N–H and O–H groups in total. The van der Waals surface area contributed by atoms with E-state index in [1.165, 1.54) is 6.07 Å². The van der Waals surface area contributed by atoms with Crippen LogP contribution in [0.2, 0.25) is 0 Å². The molecule has 1 fully saturated rings. The van der Waals surface area contributed by atoms with Gasteiger partial charge in [-0.15, -0.1) is 0 Å². The van der Waals surface area contributed by atoms with E-state index in [2.05, 4.69) is 5.32 Å². The van der Waals surface area contributed by atoms with Gasteiger partial charge in [-0.05, 0) is 17.7 Å². The molecule has 1 aromatic carbocycles. The summed E-state index contributed by atoms with van der Waals surface area (Å²) in [5, 5.41) is 3.02. The van der Waals surface area contributed by atoms with E-state index in [4.69, 9.17) is 4.74 Å². The van der Waals surface area contributed by atoms with Gasteiger partial charge in [0.1, 0.15) is 5.82 Å². The van der Waals surface area contributed by atoms with Gasteiger partial charge in [-0.2, -0.15) is 13.2 Å². The molecule has 0 radical (unpaired) electrons. The van der Waals surface area contributed by atoms with E-state index in [9.17, 15) is 17.6 Å². The summed E-state index contributed by atoms with van der Waals surface area (Å²) >= 11 is 0. The van der Waals surface area contributed by atoms with Crippen molar-refractivity contribution >= 4 is 0 Å². The van der Waals surface area contributed by atoms with Crippen LogP contribution in [-0.2, 0) is 10.9 Å². The summed E-state index contributed by atoms with van der Waals surface area (Å²) < 4.78 is 55.7. The molecule has 0 amide bonds. The fourth-order valence-electron chi connectivity index (χ4n) is 1.76. The Hall–Kier alpha value is -1.14. The van der Waals surface area contributed by atoms with Crippen molar-refractivity contribution in [2.24, 2.45) is 0 Å². The third kappa shape index (κ3) is 2.76. The topological polar surface area (TPSA) is 21.3 Å². The minimum absolute atomic E-state index is 0.295. The van der Waals surface area contributed by atoms with Crippen LogP contribution < -0.4 is 5.32 Å². The van der Waals surface area contributed by atoms with Crippen LogP contribution in [0, 0.1) is 5.82 Å². The summed E-state index contributed by atoms with van der Waals surface area (Å²) in [6.45, 7) is 1.40. The number of benzene rings is 1. The summed E-state index contributed by atoms with van der Waals surface area (Å²) in [6.07, 6.45) is -4.67. The van der Waals surface area contributed by atoms with Crippen LogP contribution in [-0.4, -0.2) is 19.8 Å². The van der Waals surface area contributed by atoms with E-state index in [0.29, 0.717) is 25.3 Å². The molecular weight excluding hydrogens is 238 g/mol. The van der Waals surface area contributed by atoms with E-state index in [0.717, 1.165) is 12.1 Å². The Kier molecular flexibility index (Phi) is 3.35. The number of rotatable bonds is 1. The molecule has 6 heteroatoms. The highest BCUT2D eigenvalue weighted by atomic mass is 19.4. The number of ether oxygens (including phenoxy) is 1. The van der Waals surface area contributed by atoms with Crippen molar-refractivity contribution in [3.8, 4) is 0 Å². The zero-order valence-electron chi connectivity index (χ0n) is 8.85. The summed E-state index contributed by atoms with van der Waals surface area (Å²) in [5.41, 5.74) is -0.846. The molecule has 0 spiro atoms. The van der Waals surface area contributed by atoms with Crippen molar-refractivity contribution in [2.75, 3.05) is 19.8 Å². The van der Waals surface area contributed by atoms with E-state index in [1.807, 2.05) is 0 Å². The zero-order valence-corrected chi connectivity index (χ0v) is 8.85. The molecule has 1 aromatic rings. The molecule has 0 aliphatic carbocycles. The molecule has 0 aromatic heterocycles. The van der Waals surface area contributed by atoms with Gasteiger partial charge in [0.25, 0.3) is 0 Å². The van der Waals surface area contributed by atoms with Gasteiger partial charge in [-0.1, -0.05) is 6.07 Å². The number of hydrogen-bond donors (Lipinski definition) is 1. The number of alkyl halides is 3. The second-order valence-electron chi connectivity index (χ2n) is 3.82. The largest absolute Gasteiger partial charge is 0.419 e. The van der Waals surface area contributed by atoms with Crippen molar-refractivity contribution in [1.82, 2.24) is 5.32 Å². The van der Waals surface area contributed by atoms with Crippen LogP contribution in [0.5, 0.6) is 0 Å². The van der Waals surface area contributed by atoms with E-state index < -0.39 is 17.6 Å². The summed E-state index contributed by atoms with van der Waals surface area (Å²) in [5.74, 6) is -1.25. The molecule has 17 heavy (non-hydrogen) atoms. The third-order valence-electron chi connectivity index (χ3n) is 2.62. The van der Waals surface area contributed by atoms with Gasteiger partial charge in [-0.25, -0.2) is 4.39 Å². The quantitative estimate of drug-likeness (QED) is 0.772. The molecule has 1 heterocycles.